The molecule has 2 aliphatic rings. The summed E-state index contributed by atoms with van der Waals surface area (Å²) in [5.41, 5.74) is 1.52. The monoisotopic (exact) mass is 560 g/mol. The molecule has 3 aromatic rings. The minimum atomic E-state index is -0.0891. The Balaban J connectivity index is 1.20. The smallest absolute Gasteiger partial charge is 0.240 e. The molecule has 4 N–H and O–H groups in total. The molecule has 1 aromatic carbocycles. The third-order valence-corrected chi connectivity index (χ3v) is 9.37. The number of rotatable bonds is 10. The van der Waals surface area contributed by atoms with E-state index in [-0.39, 0.29) is 37.1 Å². The highest BCUT2D eigenvalue weighted by Crippen LogP contribution is 2.34. The van der Waals surface area contributed by atoms with Crippen molar-refractivity contribution in [3.63, 3.8) is 0 Å². The van der Waals surface area contributed by atoms with Crippen molar-refractivity contribution < 1.29 is 19.8 Å². The standard InChI is InChI=1S/C26H36N6O4S2/c33-11-7-17-5-1-3-9-31(17)15-23(35)29-25-27-19-13-20-22(14-21(19)37-25)38-26(28-20)30-24(36)16-32-10-4-2-6-18(32)8-12-34/h13-14,17-18,33-34H,1-12,15-16H2,(H,27,29,35)(H,28,30,36). The normalized spacial score (nSPS) is 21.2. The van der Waals surface area contributed by atoms with Crippen LogP contribution in [0.1, 0.15) is 51.4 Å². The summed E-state index contributed by atoms with van der Waals surface area (Å²) in [6.07, 6.45) is 7.86. The average molecular weight is 561 g/mol. The van der Waals surface area contributed by atoms with Crippen molar-refractivity contribution in [3.05, 3.63) is 12.1 Å². The van der Waals surface area contributed by atoms with Gasteiger partial charge in [0, 0.05) is 25.3 Å². The first kappa shape index (κ1) is 27.4. The van der Waals surface area contributed by atoms with Crippen LogP contribution in [-0.4, -0.2) is 93.3 Å². The third-order valence-electron chi connectivity index (χ3n) is 7.51. The molecular weight excluding hydrogens is 524 g/mol. The molecule has 0 radical (unpaired) electrons. The van der Waals surface area contributed by atoms with Crippen LogP contribution >= 0.6 is 22.7 Å². The lowest BCUT2D eigenvalue weighted by Gasteiger charge is -2.34. The van der Waals surface area contributed by atoms with Crippen LogP contribution in [-0.2, 0) is 9.59 Å². The maximum atomic E-state index is 12.7. The molecule has 2 atom stereocenters. The Morgan fingerprint density at radius 2 is 1.26 bits per heavy atom. The SMILES string of the molecule is O=C(CN1CCCCC1CCO)Nc1nc2cc3nc(NC(=O)CN4CCCCC4CCO)sc3cc2s1. The van der Waals surface area contributed by atoms with Gasteiger partial charge in [-0.1, -0.05) is 35.5 Å². The maximum Gasteiger partial charge on any atom is 0.240 e. The van der Waals surface area contributed by atoms with Gasteiger partial charge in [-0.15, -0.1) is 0 Å². The van der Waals surface area contributed by atoms with Crippen molar-refractivity contribution in [2.45, 2.75) is 63.5 Å². The van der Waals surface area contributed by atoms with Gasteiger partial charge in [0.05, 0.1) is 33.5 Å². The number of carbonyl (C=O) groups is 2. The summed E-state index contributed by atoms with van der Waals surface area (Å²) in [4.78, 5) is 39.0. The van der Waals surface area contributed by atoms with E-state index in [0.29, 0.717) is 36.2 Å². The molecule has 2 amide bonds. The summed E-state index contributed by atoms with van der Waals surface area (Å²) in [6, 6.07) is 4.41. The van der Waals surface area contributed by atoms with E-state index in [1.165, 1.54) is 22.7 Å². The van der Waals surface area contributed by atoms with Gasteiger partial charge in [0.15, 0.2) is 10.3 Å². The molecule has 0 aliphatic carbocycles. The van der Waals surface area contributed by atoms with E-state index < -0.39 is 0 Å². The number of nitrogens with zero attached hydrogens (tertiary/aromatic N) is 4. The number of carbonyl (C=O) groups excluding carboxylic acids is 2. The molecule has 2 aromatic heterocycles. The molecule has 12 heteroatoms. The Labute approximate surface area is 230 Å². The summed E-state index contributed by atoms with van der Waals surface area (Å²) < 4.78 is 1.90. The second kappa shape index (κ2) is 12.8. The fraction of sp³-hybridized carbons (Fsp3) is 0.615. The van der Waals surface area contributed by atoms with Gasteiger partial charge in [0.25, 0.3) is 0 Å². The van der Waals surface area contributed by atoms with Crippen LogP contribution in [0.3, 0.4) is 0 Å². The summed E-state index contributed by atoms with van der Waals surface area (Å²) in [6.45, 7) is 2.64. The predicted molar refractivity (Wildman–Crippen MR) is 152 cm³/mol. The Kier molecular flexibility index (Phi) is 9.18. The van der Waals surface area contributed by atoms with E-state index in [0.717, 1.165) is 72.0 Å². The molecule has 38 heavy (non-hydrogen) atoms. The van der Waals surface area contributed by atoms with E-state index in [4.69, 9.17) is 0 Å². The Hall–Kier alpha value is -2.22. The molecule has 0 bridgehead atoms. The summed E-state index contributed by atoms with van der Waals surface area (Å²) in [5, 5.41) is 25.7. The van der Waals surface area contributed by atoms with Crippen molar-refractivity contribution >= 4 is 65.2 Å². The van der Waals surface area contributed by atoms with Crippen LogP contribution in [0, 0.1) is 0 Å². The van der Waals surface area contributed by atoms with Gasteiger partial charge in [-0.05, 0) is 63.7 Å². The van der Waals surface area contributed by atoms with Crippen molar-refractivity contribution in [2.24, 2.45) is 0 Å². The van der Waals surface area contributed by atoms with E-state index in [9.17, 15) is 19.8 Å². The molecule has 2 fully saturated rings. The highest BCUT2D eigenvalue weighted by Gasteiger charge is 2.25. The minimum absolute atomic E-state index is 0.0891. The Bertz CT molecular complexity index is 1120. The lowest BCUT2D eigenvalue weighted by atomic mass is 10.00. The van der Waals surface area contributed by atoms with Gasteiger partial charge in [0.1, 0.15) is 0 Å². The summed E-state index contributed by atoms with van der Waals surface area (Å²) in [7, 11) is 0. The molecule has 2 aliphatic heterocycles. The maximum absolute atomic E-state index is 12.7. The van der Waals surface area contributed by atoms with Crippen molar-refractivity contribution in [2.75, 3.05) is 50.0 Å². The van der Waals surface area contributed by atoms with Crippen molar-refractivity contribution in [1.29, 1.82) is 0 Å². The molecule has 4 heterocycles. The van der Waals surface area contributed by atoms with Crippen molar-refractivity contribution in [1.82, 2.24) is 19.8 Å². The number of aromatic nitrogens is 2. The number of thiazole rings is 2. The largest absolute Gasteiger partial charge is 0.396 e. The number of anilines is 2. The predicted octanol–water partition coefficient (Wildman–Crippen LogP) is 3.26. The van der Waals surface area contributed by atoms with Crippen LogP contribution < -0.4 is 10.6 Å². The number of likely N-dealkylation sites (tertiary alicyclic amines) is 2. The van der Waals surface area contributed by atoms with E-state index in [2.05, 4.69) is 30.4 Å². The lowest BCUT2D eigenvalue weighted by Crippen LogP contribution is -2.44. The number of hydrogen-bond acceptors (Lipinski definition) is 10. The van der Waals surface area contributed by atoms with Gasteiger partial charge in [-0.3, -0.25) is 19.4 Å². The number of benzene rings is 1. The van der Waals surface area contributed by atoms with Gasteiger partial charge in [-0.2, -0.15) is 0 Å². The minimum Gasteiger partial charge on any atom is -0.396 e. The molecular formula is C26H36N6O4S2. The van der Waals surface area contributed by atoms with E-state index >= 15 is 0 Å². The molecule has 0 spiro atoms. The Morgan fingerprint density at radius 3 is 1.71 bits per heavy atom. The number of aliphatic hydroxyl groups excluding tert-OH is 2. The summed E-state index contributed by atoms with van der Waals surface area (Å²) in [5.74, 6) is -0.178. The Morgan fingerprint density at radius 1 is 0.789 bits per heavy atom. The van der Waals surface area contributed by atoms with Crippen LogP contribution in [0.2, 0.25) is 0 Å². The lowest BCUT2D eigenvalue weighted by molar-refractivity contribution is -0.119. The van der Waals surface area contributed by atoms with Crippen LogP contribution in [0.5, 0.6) is 0 Å². The average Bonchev–Trinajstić information content (AvgIpc) is 3.46. The fourth-order valence-electron chi connectivity index (χ4n) is 5.63. The number of fused-ring (bicyclic) bond motifs is 2. The van der Waals surface area contributed by atoms with Gasteiger partial charge < -0.3 is 20.8 Å². The van der Waals surface area contributed by atoms with Crippen molar-refractivity contribution in [3.8, 4) is 0 Å². The molecule has 0 saturated carbocycles. The van der Waals surface area contributed by atoms with Gasteiger partial charge in [0.2, 0.25) is 11.8 Å². The van der Waals surface area contributed by atoms with Crippen LogP contribution in [0.4, 0.5) is 10.3 Å². The zero-order valence-electron chi connectivity index (χ0n) is 21.5. The third kappa shape index (κ3) is 6.67. The van der Waals surface area contributed by atoms with Gasteiger partial charge in [-0.25, -0.2) is 9.97 Å². The zero-order valence-corrected chi connectivity index (χ0v) is 23.2. The van der Waals surface area contributed by atoms with Gasteiger partial charge >= 0.3 is 0 Å². The topological polar surface area (TPSA) is 131 Å². The highest BCUT2D eigenvalue weighted by atomic mass is 32.1. The first-order valence-electron chi connectivity index (χ1n) is 13.5. The molecule has 5 rings (SSSR count). The fourth-order valence-corrected chi connectivity index (χ4v) is 7.51. The number of amides is 2. The van der Waals surface area contributed by atoms with Crippen LogP contribution in [0.15, 0.2) is 12.1 Å². The highest BCUT2D eigenvalue weighted by molar-refractivity contribution is 7.24. The number of nitrogens with one attached hydrogen (secondary N) is 2. The number of aliphatic hydroxyl groups is 2. The van der Waals surface area contributed by atoms with E-state index in [1.807, 2.05) is 12.1 Å². The molecule has 2 saturated heterocycles. The molecule has 10 nitrogen and oxygen atoms in total. The second-order valence-corrected chi connectivity index (χ2v) is 12.2. The number of piperidine rings is 2. The molecule has 206 valence electrons. The number of hydrogen-bond donors (Lipinski definition) is 4. The first-order valence-corrected chi connectivity index (χ1v) is 15.2. The van der Waals surface area contributed by atoms with Crippen LogP contribution in [0.25, 0.3) is 20.4 Å². The summed E-state index contributed by atoms with van der Waals surface area (Å²) >= 11 is 2.86. The van der Waals surface area contributed by atoms with E-state index in [1.54, 1.807) is 0 Å². The molecule has 2 unspecified atom stereocenters. The second-order valence-electron chi connectivity index (χ2n) is 10.2. The zero-order chi connectivity index (χ0) is 26.5. The quantitative estimate of drug-likeness (QED) is 0.297. The first-order chi connectivity index (χ1) is 18.5.